The molecule has 0 aliphatic rings. The summed E-state index contributed by atoms with van der Waals surface area (Å²) in [5, 5.41) is 3.52. The number of hydrogen-bond donors (Lipinski definition) is 1. The lowest BCUT2D eigenvalue weighted by molar-refractivity contribution is 0.394. The molecule has 0 heterocycles. The zero-order valence-electron chi connectivity index (χ0n) is 13.4. The van der Waals surface area contributed by atoms with Crippen molar-refractivity contribution in [1.82, 2.24) is 0 Å². The van der Waals surface area contributed by atoms with Gasteiger partial charge in [0.15, 0.2) is 0 Å². The van der Waals surface area contributed by atoms with Crippen molar-refractivity contribution in [2.24, 2.45) is 0 Å². The van der Waals surface area contributed by atoms with E-state index in [1.54, 1.807) is 14.2 Å². The van der Waals surface area contributed by atoms with E-state index in [2.05, 4.69) is 44.3 Å². The molecular formula is C18H23NO2. The van der Waals surface area contributed by atoms with Crippen LogP contribution in [0, 0.1) is 13.8 Å². The van der Waals surface area contributed by atoms with Crippen LogP contribution in [0.15, 0.2) is 36.4 Å². The Balaban J connectivity index is 2.26. The first-order chi connectivity index (χ1) is 10.0. The van der Waals surface area contributed by atoms with E-state index in [1.807, 2.05) is 18.2 Å². The highest BCUT2D eigenvalue weighted by molar-refractivity contribution is 5.55. The summed E-state index contributed by atoms with van der Waals surface area (Å²) in [6.07, 6.45) is 0. The number of anilines is 1. The second kappa shape index (κ2) is 6.53. The molecule has 3 heteroatoms. The predicted molar refractivity (Wildman–Crippen MR) is 87.5 cm³/mol. The van der Waals surface area contributed by atoms with E-state index in [0.717, 1.165) is 17.2 Å². The molecule has 0 radical (unpaired) electrons. The molecular weight excluding hydrogens is 262 g/mol. The van der Waals surface area contributed by atoms with Crippen molar-refractivity contribution in [2.45, 2.75) is 26.8 Å². The van der Waals surface area contributed by atoms with E-state index in [0.29, 0.717) is 0 Å². The SMILES string of the molecule is COc1cc(NC(C)c2cc(C)ccc2C)cc(OC)c1. The first-order valence-corrected chi connectivity index (χ1v) is 7.10. The molecule has 0 saturated heterocycles. The van der Waals surface area contributed by atoms with Crippen LogP contribution in [0.2, 0.25) is 0 Å². The molecule has 0 saturated carbocycles. The second-order valence-corrected chi connectivity index (χ2v) is 5.33. The number of nitrogens with one attached hydrogen (secondary N) is 1. The van der Waals surface area contributed by atoms with E-state index in [9.17, 15) is 0 Å². The van der Waals surface area contributed by atoms with Crippen LogP contribution < -0.4 is 14.8 Å². The van der Waals surface area contributed by atoms with Crippen molar-refractivity contribution < 1.29 is 9.47 Å². The Kier molecular flexibility index (Phi) is 4.73. The van der Waals surface area contributed by atoms with Crippen LogP contribution in [-0.2, 0) is 0 Å². The van der Waals surface area contributed by atoms with Crippen LogP contribution in [0.5, 0.6) is 11.5 Å². The topological polar surface area (TPSA) is 30.5 Å². The highest BCUT2D eigenvalue weighted by atomic mass is 16.5. The van der Waals surface area contributed by atoms with Gasteiger partial charge in [-0.05, 0) is 31.9 Å². The molecule has 0 amide bonds. The van der Waals surface area contributed by atoms with Crippen LogP contribution in [0.3, 0.4) is 0 Å². The minimum absolute atomic E-state index is 0.210. The monoisotopic (exact) mass is 285 g/mol. The largest absolute Gasteiger partial charge is 0.497 e. The maximum Gasteiger partial charge on any atom is 0.124 e. The predicted octanol–water partition coefficient (Wildman–Crippen LogP) is 4.49. The Hall–Kier alpha value is -2.16. The molecule has 1 atom stereocenters. The normalized spacial score (nSPS) is 11.9. The van der Waals surface area contributed by atoms with E-state index < -0.39 is 0 Å². The summed E-state index contributed by atoms with van der Waals surface area (Å²) in [6.45, 7) is 6.41. The number of methoxy groups -OCH3 is 2. The zero-order valence-corrected chi connectivity index (χ0v) is 13.4. The van der Waals surface area contributed by atoms with Gasteiger partial charge in [-0.1, -0.05) is 23.8 Å². The highest BCUT2D eigenvalue weighted by Gasteiger charge is 2.10. The number of aryl methyl sites for hydroxylation is 2. The van der Waals surface area contributed by atoms with Gasteiger partial charge in [-0.15, -0.1) is 0 Å². The fraction of sp³-hybridized carbons (Fsp3) is 0.333. The lowest BCUT2D eigenvalue weighted by Crippen LogP contribution is -2.08. The fourth-order valence-corrected chi connectivity index (χ4v) is 2.44. The molecule has 1 N–H and O–H groups in total. The quantitative estimate of drug-likeness (QED) is 0.877. The summed E-state index contributed by atoms with van der Waals surface area (Å²) in [7, 11) is 3.32. The van der Waals surface area contributed by atoms with Crippen LogP contribution in [0.1, 0.15) is 29.7 Å². The molecule has 2 aromatic carbocycles. The van der Waals surface area contributed by atoms with Crippen LogP contribution in [0.25, 0.3) is 0 Å². The summed E-state index contributed by atoms with van der Waals surface area (Å²) >= 11 is 0. The second-order valence-electron chi connectivity index (χ2n) is 5.33. The van der Waals surface area contributed by atoms with Gasteiger partial charge in [0.2, 0.25) is 0 Å². The summed E-state index contributed by atoms with van der Waals surface area (Å²) in [5.41, 5.74) is 4.85. The van der Waals surface area contributed by atoms with Gasteiger partial charge in [-0.3, -0.25) is 0 Å². The Morgan fingerprint density at radius 3 is 2.10 bits per heavy atom. The summed E-state index contributed by atoms with van der Waals surface area (Å²) in [6, 6.07) is 12.6. The number of rotatable bonds is 5. The standard InChI is InChI=1S/C18H23NO2/c1-12-6-7-13(2)18(8-12)14(3)19-15-9-16(20-4)11-17(10-15)21-5/h6-11,14,19H,1-5H3. The van der Waals surface area contributed by atoms with Gasteiger partial charge in [0.05, 0.1) is 14.2 Å². The van der Waals surface area contributed by atoms with Crippen molar-refractivity contribution in [1.29, 1.82) is 0 Å². The fourth-order valence-electron chi connectivity index (χ4n) is 2.44. The minimum atomic E-state index is 0.210. The molecule has 112 valence electrons. The molecule has 0 spiro atoms. The zero-order chi connectivity index (χ0) is 15.4. The molecule has 1 unspecified atom stereocenters. The molecule has 0 aliphatic heterocycles. The smallest absolute Gasteiger partial charge is 0.124 e. The summed E-state index contributed by atoms with van der Waals surface area (Å²) < 4.78 is 10.6. The van der Waals surface area contributed by atoms with E-state index in [-0.39, 0.29) is 6.04 Å². The van der Waals surface area contributed by atoms with Gasteiger partial charge >= 0.3 is 0 Å². The van der Waals surface area contributed by atoms with Gasteiger partial charge in [0.25, 0.3) is 0 Å². The highest BCUT2D eigenvalue weighted by Crippen LogP contribution is 2.29. The van der Waals surface area contributed by atoms with Crippen LogP contribution in [0.4, 0.5) is 5.69 Å². The van der Waals surface area contributed by atoms with E-state index in [4.69, 9.17) is 9.47 Å². The van der Waals surface area contributed by atoms with Crippen LogP contribution in [-0.4, -0.2) is 14.2 Å². The van der Waals surface area contributed by atoms with Crippen LogP contribution >= 0.6 is 0 Å². The first kappa shape index (κ1) is 15.2. The van der Waals surface area contributed by atoms with Crippen molar-refractivity contribution in [2.75, 3.05) is 19.5 Å². The maximum absolute atomic E-state index is 5.31. The lowest BCUT2D eigenvalue weighted by Gasteiger charge is -2.19. The number of ether oxygens (including phenoxy) is 2. The lowest BCUT2D eigenvalue weighted by atomic mass is 10.00. The summed E-state index contributed by atoms with van der Waals surface area (Å²) in [5.74, 6) is 1.56. The third-order valence-electron chi connectivity index (χ3n) is 3.64. The van der Waals surface area contributed by atoms with E-state index in [1.165, 1.54) is 16.7 Å². The Labute approximate surface area is 126 Å². The van der Waals surface area contributed by atoms with Crippen molar-refractivity contribution in [3.05, 3.63) is 53.1 Å². The Morgan fingerprint density at radius 2 is 1.52 bits per heavy atom. The molecule has 0 aromatic heterocycles. The van der Waals surface area contributed by atoms with Gasteiger partial charge in [-0.25, -0.2) is 0 Å². The summed E-state index contributed by atoms with van der Waals surface area (Å²) in [4.78, 5) is 0. The maximum atomic E-state index is 5.31. The number of benzene rings is 2. The minimum Gasteiger partial charge on any atom is -0.497 e. The van der Waals surface area contributed by atoms with Gasteiger partial charge < -0.3 is 14.8 Å². The van der Waals surface area contributed by atoms with Gasteiger partial charge in [0.1, 0.15) is 11.5 Å². The van der Waals surface area contributed by atoms with Gasteiger partial charge in [0, 0.05) is 29.9 Å². The Bertz CT molecular complexity index is 600. The molecule has 0 aliphatic carbocycles. The third kappa shape index (κ3) is 3.69. The molecule has 0 fully saturated rings. The van der Waals surface area contributed by atoms with Crippen molar-refractivity contribution in [3.63, 3.8) is 0 Å². The van der Waals surface area contributed by atoms with Gasteiger partial charge in [-0.2, -0.15) is 0 Å². The average molecular weight is 285 g/mol. The first-order valence-electron chi connectivity index (χ1n) is 7.10. The molecule has 0 bridgehead atoms. The van der Waals surface area contributed by atoms with Crippen molar-refractivity contribution >= 4 is 5.69 Å². The average Bonchev–Trinajstić information content (AvgIpc) is 2.49. The van der Waals surface area contributed by atoms with Crippen molar-refractivity contribution in [3.8, 4) is 11.5 Å². The Morgan fingerprint density at radius 1 is 0.905 bits per heavy atom. The molecule has 3 nitrogen and oxygen atoms in total. The molecule has 2 aromatic rings. The third-order valence-corrected chi connectivity index (χ3v) is 3.64. The molecule has 2 rings (SSSR count). The van der Waals surface area contributed by atoms with E-state index >= 15 is 0 Å². The number of hydrogen-bond acceptors (Lipinski definition) is 3. The molecule has 21 heavy (non-hydrogen) atoms.